The Labute approximate surface area is 119 Å². The molecule has 0 aliphatic rings. The number of ether oxygens (including phenoxy) is 1. The number of nitrogens with one attached hydrogen (secondary N) is 1. The maximum absolute atomic E-state index is 6.14. The van der Waals surface area contributed by atoms with Crippen molar-refractivity contribution in [3.63, 3.8) is 0 Å². The van der Waals surface area contributed by atoms with E-state index in [0.29, 0.717) is 10.8 Å². The van der Waals surface area contributed by atoms with E-state index in [-0.39, 0.29) is 6.04 Å². The molecule has 2 aromatic carbocycles. The predicted octanol–water partition coefficient (Wildman–Crippen LogP) is 4.72. The quantitative estimate of drug-likeness (QED) is 0.872. The Morgan fingerprint density at radius 3 is 2.68 bits per heavy atom. The van der Waals surface area contributed by atoms with Gasteiger partial charge in [-0.3, -0.25) is 0 Å². The van der Waals surface area contributed by atoms with Gasteiger partial charge >= 0.3 is 0 Å². The summed E-state index contributed by atoms with van der Waals surface area (Å²) in [6.07, 6.45) is 0. The smallest absolute Gasteiger partial charge is 0.146 e. The number of benzene rings is 2. The average molecular weight is 276 g/mol. The maximum atomic E-state index is 6.14. The first-order valence-electron chi connectivity index (χ1n) is 6.31. The monoisotopic (exact) mass is 275 g/mol. The Balaban J connectivity index is 2.26. The van der Waals surface area contributed by atoms with Crippen LogP contribution in [0.15, 0.2) is 42.5 Å². The van der Waals surface area contributed by atoms with Crippen LogP contribution < -0.4 is 10.1 Å². The number of hydrogen-bond acceptors (Lipinski definition) is 2. The highest BCUT2D eigenvalue weighted by atomic mass is 35.5. The van der Waals surface area contributed by atoms with Crippen molar-refractivity contribution in [1.82, 2.24) is 5.32 Å². The van der Waals surface area contributed by atoms with E-state index in [1.807, 2.05) is 50.4 Å². The van der Waals surface area contributed by atoms with E-state index in [4.69, 9.17) is 16.3 Å². The molecule has 0 aliphatic heterocycles. The molecule has 19 heavy (non-hydrogen) atoms. The van der Waals surface area contributed by atoms with Crippen LogP contribution in [0.5, 0.6) is 11.5 Å². The fraction of sp³-hybridized carbons (Fsp3) is 0.250. The Morgan fingerprint density at radius 2 is 1.95 bits per heavy atom. The first-order chi connectivity index (χ1) is 9.10. The van der Waals surface area contributed by atoms with Gasteiger partial charge in [-0.25, -0.2) is 0 Å². The number of aryl methyl sites for hydroxylation is 1. The largest absolute Gasteiger partial charge is 0.456 e. The molecule has 2 aromatic rings. The fourth-order valence-corrected chi connectivity index (χ4v) is 1.99. The summed E-state index contributed by atoms with van der Waals surface area (Å²) in [5.41, 5.74) is 2.31. The van der Waals surface area contributed by atoms with Gasteiger partial charge in [0, 0.05) is 6.04 Å². The van der Waals surface area contributed by atoms with E-state index >= 15 is 0 Å². The Bertz CT molecular complexity index is 568. The van der Waals surface area contributed by atoms with E-state index < -0.39 is 0 Å². The van der Waals surface area contributed by atoms with Crippen LogP contribution in [-0.4, -0.2) is 7.05 Å². The number of hydrogen-bond donors (Lipinski definition) is 1. The molecule has 0 aromatic heterocycles. The molecule has 3 heteroatoms. The highest BCUT2D eigenvalue weighted by Gasteiger charge is 2.06. The van der Waals surface area contributed by atoms with Gasteiger partial charge in [0.2, 0.25) is 0 Å². The molecule has 0 spiro atoms. The molecule has 1 N–H and O–H groups in total. The van der Waals surface area contributed by atoms with Crippen molar-refractivity contribution in [3.8, 4) is 11.5 Å². The molecule has 0 radical (unpaired) electrons. The molecule has 2 rings (SSSR count). The Kier molecular flexibility index (Phi) is 4.46. The molecular weight excluding hydrogens is 258 g/mol. The SMILES string of the molecule is CNC(C)c1cccc(Oc2cc(C)ccc2Cl)c1. The molecule has 0 saturated carbocycles. The van der Waals surface area contributed by atoms with Gasteiger partial charge in [0.25, 0.3) is 0 Å². The lowest BCUT2D eigenvalue weighted by Crippen LogP contribution is -2.12. The van der Waals surface area contributed by atoms with Gasteiger partial charge in [-0.05, 0) is 56.3 Å². The highest BCUT2D eigenvalue weighted by Crippen LogP contribution is 2.31. The maximum Gasteiger partial charge on any atom is 0.146 e. The lowest BCUT2D eigenvalue weighted by atomic mass is 10.1. The fourth-order valence-electron chi connectivity index (χ4n) is 1.83. The van der Waals surface area contributed by atoms with Crippen LogP contribution in [0.25, 0.3) is 0 Å². The molecule has 0 heterocycles. The number of halogens is 1. The molecule has 2 nitrogen and oxygen atoms in total. The van der Waals surface area contributed by atoms with Gasteiger partial charge < -0.3 is 10.1 Å². The molecular formula is C16H18ClNO. The van der Waals surface area contributed by atoms with Crippen LogP contribution in [0.3, 0.4) is 0 Å². The van der Waals surface area contributed by atoms with Gasteiger partial charge in [-0.2, -0.15) is 0 Å². The normalized spacial score (nSPS) is 12.2. The molecule has 0 bridgehead atoms. The van der Waals surface area contributed by atoms with Crippen molar-refractivity contribution in [2.75, 3.05) is 7.05 Å². The van der Waals surface area contributed by atoms with E-state index in [1.54, 1.807) is 0 Å². The van der Waals surface area contributed by atoms with E-state index in [9.17, 15) is 0 Å². The van der Waals surface area contributed by atoms with Crippen molar-refractivity contribution in [2.45, 2.75) is 19.9 Å². The van der Waals surface area contributed by atoms with Gasteiger partial charge in [-0.1, -0.05) is 29.8 Å². The summed E-state index contributed by atoms with van der Waals surface area (Å²) in [4.78, 5) is 0. The Hall–Kier alpha value is -1.51. The number of rotatable bonds is 4. The van der Waals surface area contributed by atoms with E-state index in [2.05, 4.69) is 18.3 Å². The van der Waals surface area contributed by atoms with Crippen LogP contribution in [0, 0.1) is 6.92 Å². The third-order valence-electron chi connectivity index (χ3n) is 3.11. The van der Waals surface area contributed by atoms with E-state index in [1.165, 1.54) is 5.56 Å². The summed E-state index contributed by atoms with van der Waals surface area (Å²) in [6.45, 7) is 4.13. The van der Waals surface area contributed by atoms with Gasteiger partial charge in [-0.15, -0.1) is 0 Å². The van der Waals surface area contributed by atoms with Crippen LogP contribution in [0.2, 0.25) is 5.02 Å². The van der Waals surface area contributed by atoms with Gasteiger partial charge in [0.15, 0.2) is 0 Å². The minimum Gasteiger partial charge on any atom is -0.456 e. The van der Waals surface area contributed by atoms with Crippen LogP contribution in [0.1, 0.15) is 24.1 Å². The lowest BCUT2D eigenvalue weighted by Gasteiger charge is -2.13. The third kappa shape index (κ3) is 3.49. The zero-order valence-corrected chi connectivity index (χ0v) is 12.2. The average Bonchev–Trinajstić information content (AvgIpc) is 2.42. The highest BCUT2D eigenvalue weighted by molar-refractivity contribution is 6.32. The van der Waals surface area contributed by atoms with Crippen molar-refractivity contribution >= 4 is 11.6 Å². The Morgan fingerprint density at radius 1 is 1.16 bits per heavy atom. The summed E-state index contributed by atoms with van der Waals surface area (Å²) in [5.74, 6) is 1.49. The summed E-state index contributed by atoms with van der Waals surface area (Å²) in [5, 5.41) is 3.83. The molecule has 1 unspecified atom stereocenters. The minimum absolute atomic E-state index is 0.288. The standard InChI is InChI=1S/C16H18ClNO/c1-11-7-8-15(17)16(9-11)19-14-6-4-5-13(10-14)12(2)18-3/h4-10,12,18H,1-3H3. The first kappa shape index (κ1) is 13.9. The lowest BCUT2D eigenvalue weighted by molar-refractivity contribution is 0.480. The summed E-state index contributed by atoms with van der Waals surface area (Å²) in [6, 6.07) is 14.1. The zero-order chi connectivity index (χ0) is 13.8. The second-order valence-electron chi connectivity index (χ2n) is 4.62. The van der Waals surface area contributed by atoms with Crippen molar-refractivity contribution in [3.05, 3.63) is 58.6 Å². The molecule has 0 fully saturated rings. The third-order valence-corrected chi connectivity index (χ3v) is 3.42. The summed E-state index contributed by atoms with van der Waals surface area (Å²) in [7, 11) is 1.94. The van der Waals surface area contributed by atoms with Crippen molar-refractivity contribution < 1.29 is 4.74 Å². The molecule has 100 valence electrons. The molecule has 0 saturated heterocycles. The summed E-state index contributed by atoms with van der Waals surface area (Å²) < 4.78 is 5.87. The van der Waals surface area contributed by atoms with Gasteiger partial charge in [0.05, 0.1) is 5.02 Å². The first-order valence-corrected chi connectivity index (χ1v) is 6.69. The van der Waals surface area contributed by atoms with Crippen LogP contribution >= 0.6 is 11.6 Å². The predicted molar refractivity (Wildman–Crippen MR) is 80.2 cm³/mol. The minimum atomic E-state index is 0.288. The van der Waals surface area contributed by atoms with Crippen molar-refractivity contribution in [1.29, 1.82) is 0 Å². The second kappa shape index (κ2) is 6.09. The summed E-state index contributed by atoms with van der Waals surface area (Å²) >= 11 is 6.14. The van der Waals surface area contributed by atoms with E-state index in [0.717, 1.165) is 11.3 Å². The topological polar surface area (TPSA) is 21.3 Å². The zero-order valence-electron chi connectivity index (χ0n) is 11.4. The van der Waals surface area contributed by atoms with Crippen molar-refractivity contribution in [2.24, 2.45) is 0 Å². The molecule has 1 atom stereocenters. The molecule has 0 amide bonds. The van der Waals surface area contributed by atoms with Gasteiger partial charge in [0.1, 0.15) is 11.5 Å². The molecule has 0 aliphatic carbocycles. The van der Waals surface area contributed by atoms with Crippen LogP contribution in [-0.2, 0) is 0 Å². The van der Waals surface area contributed by atoms with Crippen LogP contribution in [0.4, 0.5) is 0 Å². The second-order valence-corrected chi connectivity index (χ2v) is 5.03.